The number of hydrogen-bond acceptors (Lipinski definition) is 21. The molecule has 26 nitrogen and oxygen atoms in total. The molecule has 0 saturated carbocycles. The lowest BCUT2D eigenvalue weighted by molar-refractivity contribution is 0.471. The Labute approximate surface area is 424 Å². The van der Waals surface area contributed by atoms with E-state index in [4.69, 9.17) is 0 Å². The minimum absolute atomic E-state index is 0.00986. The molecule has 8 N–H and O–H groups in total. The lowest BCUT2D eigenvalue weighted by atomic mass is 9.92. The highest BCUT2D eigenvalue weighted by molar-refractivity contribution is 7.87. The van der Waals surface area contributed by atoms with Crippen LogP contribution in [0.3, 0.4) is 0 Å². The Bertz CT molecular complexity index is 4430. The van der Waals surface area contributed by atoms with Crippen molar-refractivity contribution in [1.29, 1.82) is 0 Å². The number of anilines is 1. The molecule has 1 aliphatic heterocycles. The molecule has 7 aromatic rings. The molecule has 0 amide bonds. The van der Waals surface area contributed by atoms with Gasteiger partial charge in [0, 0.05) is 28.0 Å². The van der Waals surface area contributed by atoms with Gasteiger partial charge < -0.3 is 10.2 Å². The number of benzene rings is 7. The van der Waals surface area contributed by atoms with Crippen LogP contribution in [0.4, 0.5) is 39.8 Å². The predicted octanol–water partition coefficient (Wildman–Crippen LogP) is 8.63. The molecule has 0 saturated heterocycles. The second kappa shape index (κ2) is 18.5. The quantitative estimate of drug-likeness (QED) is 0.0419. The molecule has 2 aliphatic rings. The van der Waals surface area contributed by atoms with Gasteiger partial charge >= 0.3 is 0 Å². The van der Waals surface area contributed by atoms with Gasteiger partial charge in [-0.3, -0.25) is 22.8 Å². The van der Waals surface area contributed by atoms with Crippen molar-refractivity contribution < 1.29 is 75.1 Å². The van der Waals surface area contributed by atoms with Gasteiger partial charge in [-0.15, -0.1) is 10.2 Å². The third-order valence-electron chi connectivity index (χ3n) is 11.5. The normalized spacial score (nSPS) is 15.4. The molecule has 386 valence electrons. The van der Waals surface area contributed by atoms with Crippen molar-refractivity contribution in [3.05, 3.63) is 125 Å². The van der Waals surface area contributed by atoms with E-state index >= 15 is 0 Å². The Kier molecular flexibility index (Phi) is 12.9. The summed E-state index contributed by atoms with van der Waals surface area (Å²) in [5, 5.41) is 52.5. The van der Waals surface area contributed by atoms with Gasteiger partial charge in [-0.1, -0.05) is 18.2 Å². The molecule has 31 heteroatoms. The highest BCUT2D eigenvalue weighted by Gasteiger charge is 2.35. The summed E-state index contributed by atoms with van der Waals surface area (Å²) in [6, 6.07) is 18.7. The summed E-state index contributed by atoms with van der Waals surface area (Å²) in [6.45, 7) is 3.28. The Morgan fingerprint density at radius 3 is 1.77 bits per heavy atom. The van der Waals surface area contributed by atoms with Gasteiger partial charge in [-0.05, 0) is 121 Å². The first-order valence-corrected chi connectivity index (χ1v) is 28.1. The number of aromatic hydroxyl groups is 2. The Hall–Kier alpha value is -7.82. The molecule has 1 atom stereocenters. The largest absolute Gasteiger partial charge is 0.506 e. The molecule has 0 aromatic heterocycles. The highest BCUT2D eigenvalue weighted by Crippen LogP contribution is 2.44. The minimum Gasteiger partial charge on any atom is -0.506 e. The molecule has 0 spiro atoms. The Morgan fingerprint density at radius 1 is 0.520 bits per heavy atom. The summed E-state index contributed by atoms with van der Waals surface area (Å²) in [7, 11) is -24.8. The van der Waals surface area contributed by atoms with Gasteiger partial charge in [0.1, 0.15) is 31.8 Å². The van der Waals surface area contributed by atoms with Crippen LogP contribution in [0.1, 0.15) is 22.3 Å². The average molecular weight is 1120 g/mol. The van der Waals surface area contributed by atoms with Crippen LogP contribution in [0.2, 0.25) is 0 Å². The monoisotopic (exact) mass is 1120 g/mol. The number of hydrazine groups is 1. The molecule has 75 heavy (non-hydrogen) atoms. The zero-order valence-corrected chi connectivity index (χ0v) is 41.9. The van der Waals surface area contributed by atoms with Crippen LogP contribution in [0.15, 0.2) is 163 Å². The van der Waals surface area contributed by atoms with E-state index in [2.05, 4.69) is 41.2 Å². The Balaban J connectivity index is 0.949. The SMILES string of the molecule is Cc1cc(N=Nc2cc(O)c(/N=N/c3c(S(=O)(=O)O)cc4cc(N5N=C6c7cc(S(=O)(=O)O)cc(S(=O)(=O)O)c7C=CC6N5)ccc4c3O)cc2C)ccc1N=Nc1ccc2cc(S(=O)(=O)O)cc(S(=O)(=O)O)c2c1. The number of nitrogens with one attached hydrogen (secondary N) is 1. The first-order valence-electron chi connectivity index (χ1n) is 20.9. The third kappa shape index (κ3) is 10.5. The van der Waals surface area contributed by atoms with Crippen molar-refractivity contribution in [2.75, 3.05) is 5.12 Å². The number of fused-ring (bicyclic) bond motifs is 5. The average Bonchev–Trinajstić information content (AvgIpc) is 3.77. The third-order valence-corrected chi connectivity index (χ3v) is 15.8. The maximum atomic E-state index is 12.7. The number of phenolic OH excluding ortho intramolecular Hbond substituents is 2. The molecule has 0 fully saturated rings. The van der Waals surface area contributed by atoms with Crippen LogP contribution in [0, 0.1) is 13.8 Å². The molecule has 7 aromatic carbocycles. The summed E-state index contributed by atoms with van der Waals surface area (Å²) in [6.07, 6.45) is 2.76. The van der Waals surface area contributed by atoms with Gasteiger partial charge in [-0.2, -0.15) is 78.2 Å². The summed E-state index contributed by atoms with van der Waals surface area (Å²) >= 11 is 0. The second-order valence-corrected chi connectivity index (χ2v) is 23.5. The van der Waals surface area contributed by atoms with Crippen molar-refractivity contribution in [3.8, 4) is 11.5 Å². The van der Waals surface area contributed by atoms with E-state index < -0.39 is 98.3 Å². The van der Waals surface area contributed by atoms with Crippen LogP contribution in [-0.4, -0.2) is 86.8 Å². The van der Waals surface area contributed by atoms with Crippen LogP contribution in [0.5, 0.6) is 11.5 Å². The lowest BCUT2D eigenvalue weighted by Crippen LogP contribution is -2.38. The van der Waals surface area contributed by atoms with E-state index in [9.17, 15) is 75.1 Å². The van der Waals surface area contributed by atoms with Crippen molar-refractivity contribution in [2.24, 2.45) is 35.8 Å². The maximum Gasteiger partial charge on any atom is 0.296 e. The van der Waals surface area contributed by atoms with Gasteiger partial charge in [0.15, 0.2) is 5.75 Å². The predicted molar refractivity (Wildman–Crippen MR) is 267 cm³/mol. The maximum absolute atomic E-state index is 12.7. The molecule has 1 heterocycles. The van der Waals surface area contributed by atoms with Crippen molar-refractivity contribution in [3.63, 3.8) is 0 Å². The lowest BCUT2D eigenvalue weighted by Gasteiger charge is -2.20. The molecule has 1 aliphatic carbocycles. The van der Waals surface area contributed by atoms with Crippen molar-refractivity contribution in [1.82, 2.24) is 5.43 Å². The van der Waals surface area contributed by atoms with Gasteiger partial charge in [0.25, 0.3) is 50.6 Å². The smallest absolute Gasteiger partial charge is 0.296 e. The number of nitrogens with zero attached hydrogens (tertiary/aromatic N) is 8. The van der Waals surface area contributed by atoms with Gasteiger partial charge in [0.05, 0.1) is 50.0 Å². The highest BCUT2D eigenvalue weighted by atomic mass is 32.2. The Morgan fingerprint density at radius 2 is 1.12 bits per heavy atom. The number of hydrogen-bond donors (Lipinski definition) is 8. The first-order chi connectivity index (χ1) is 34.9. The topological polar surface area (TPSA) is 414 Å². The number of azo groups is 3. The van der Waals surface area contributed by atoms with Crippen molar-refractivity contribution >= 4 is 124 Å². The van der Waals surface area contributed by atoms with Crippen LogP contribution in [-0.2, 0) is 50.6 Å². The summed E-state index contributed by atoms with van der Waals surface area (Å²) in [5.74, 6) is -1.25. The van der Waals surface area contributed by atoms with Crippen LogP contribution < -0.4 is 10.5 Å². The molecule has 0 radical (unpaired) electrons. The molecule has 9 rings (SSSR count). The summed E-state index contributed by atoms with van der Waals surface area (Å²) in [4.78, 5) is -4.04. The van der Waals surface area contributed by atoms with Gasteiger partial charge in [0.2, 0.25) is 0 Å². The van der Waals surface area contributed by atoms with Crippen molar-refractivity contribution in [2.45, 2.75) is 44.4 Å². The molecular weight excluding hydrogens is 1090 g/mol. The molecule has 0 bridgehead atoms. The fraction of sp³-hybridized carbons (Fsp3) is 0.0682. The zero-order valence-electron chi connectivity index (χ0n) is 37.8. The number of hydrazone groups is 1. The van der Waals surface area contributed by atoms with Crippen LogP contribution >= 0.6 is 0 Å². The fourth-order valence-corrected chi connectivity index (χ4v) is 11.2. The van der Waals surface area contributed by atoms with E-state index in [0.717, 1.165) is 18.2 Å². The van der Waals surface area contributed by atoms with E-state index in [-0.39, 0.29) is 61.1 Å². The van der Waals surface area contributed by atoms with E-state index in [0.29, 0.717) is 34.6 Å². The van der Waals surface area contributed by atoms with Crippen LogP contribution in [0.25, 0.3) is 27.6 Å². The minimum atomic E-state index is -5.13. The fourth-order valence-electron chi connectivity index (χ4n) is 7.89. The van der Waals surface area contributed by atoms with Gasteiger partial charge in [-0.25, -0.2) is 0 Å². The van der Waals surface area contributed by atoms with E-state index in [1.807, 2.05) is 0 Å². The standard InChI is InChI=1S/C44H33N9O17S5/c1-21-11-25(5-9-34(21)47-46-26-4-3-23-14-28(71(56,57)58)18-40(32(23)16-26)74(65,66)67)45-48-36-20-38(54)37(12-22(36)2)49-50-43-41(75(68,69)70)15-24-13-27(6-7-30(24)44(43)55)53-51-35-10-8-31-33(42(35)52-53)17-29(72(59,60)61)19-39(31)73(62,63)64/h3-20,35,51,54-55H,1-2H3,(H,56,57,58)(H,59,60,61)(H,62,63,64)(H,65,66,67)(H,68,69,70)/b47-46?,48-45?,50-49+. The summed E-state index contributed by atoms with van der Waals surface area (Å²) in [5.41, 5.74) is 4.09. The second-order valence-electron chi connectivity index (χ2n) is 16.5. The van der Waals surface area contributed by atoms with E-state index in [1.165, 1.54) is 65.8 Å². The molecular formula is C44H33N9O17S5. The van der Waals surface area contributed by atoms with E-state index in [1.54, 1.807) is 32.0 Å². The number of rotatable bonds is 12. The first kappa shape index (κ1) is 52.1. The summed E-state index contributed by atoms with van der Waals surface area (Å²) < 4.78 is 171. The number of aryl methyl sites for hydroxylation is 2. The number of phenols is 2. The molecule has 1 unspecified atom stereocenters. The zero-order chi connectivity index (χ0) is 54.3.